The van der Waals surface area contributed by atoms with Crippen LogP contribution >= 0.6 is 0 Å². The lowest BCUT2D eigenvalue weighted by molar-refractivity contribution is 0.424. The second kappa shape index (κ2) is 5.89. The maximum Gasteiger partial charge on any atom is 0.216 e. The maximum absolute atomic E-state index is 6.02. The fourth-order valence-electron chi connectivity index (χ4n) is 2.16. The summed E-state index contributed by atoms with van der Waals surface area (Å²) in [6.45, 7) is 6.30. The van der Waals surface area contributed by atoms with E-state index in [1.807, 2.05) is 13.8 Å². The molecule has 100 valence electrons. The number of likely N-dealkylation sites (tertiary alicyclic amines) is 1. The van der Waals surface area contributed by atoms with Crippen molar-refractivity contribution in [2.24, 2.45) is 10.7 Å². The van der Waals surface area contributed by atoms with Gasteiger partial charge < -0.3 is 15.1 Å². The zero-order valence-corrected chi connectivity index (χ0v) is 11.3. The Kier molecular flexibility index (Phi) is 4.23. The number of nitrogens with zero attached hydrogens (tertiary/aromatic N) is 3. The summed E-state index contributed by atoms with van der Waals surface area (Å²) in [5, 5.41) is 0. The standard InChI is InChI=1S/C13H22N4O/c1-10-11(2)18-12(16-10)9-15-13(14)17-7-5-3-4-6-8-17/h3-9H2,1-2H3,(H2,14,15). The Morgan fingerprint density at radius 1 is 1.28 bits per heavy atom. The van der Waals surface area contributed by atoms with Gasteiger partial charge in [0.2, 0.25) is 5.89 Å². The molecule has 2 rings (SSSR count). The van der Waals surface area contributed by atoms with E-state index >= 15 is 0 Å². The molecule has 18 heavy (non-hydrogen) atoms. The topological polar surface area (TPSA) is 67.7 Å². The van der Waals surface area contributed by atoms with Crippen molar-refractivity contribution >= 4 is 5.96 Å². The van der Waals surface area contributed by atoms with Gasteiger partial charge in [-0.2, -0.15) is 0 Å². The minimum absolute atomic E-state index is 0.428. The lowest BCUT2D eigenvalue weighted by Gasteiger charge is -2.20. The van der Waals surface area contributed by atoms with Crippen molar-refractivity contribution in [2.45, 2.75) is 46.1 Å². The molecule has 1 aliphatic heterocycles. The van der Waals surface area contributed by atoms with E-state index in [4.69, 9.17) is 10.2 Å². The average molecular weight is 250 g/mol. The van der Waals surface area contributed by atoms with Gasteiger partial charge in [0.25, 0.3) is 0 Å². The van der Waals surface area contributed by atoms with E-state index in [0.717, 1.165) is 24.5 Å². The number of hydrogen-bond acceptors (Lipinski definition) is 3. The van der Waals surface area contributed by atoms with Crippen LogP contribution in [0, 0.1) is 13.8 Å². The summed E-state index contributed by atoms with van der Waals surface area (Å²) in [5.74, 6) is 2.11. The van der Waals surface area contributed by atoms with Crippen LogP contribution in [0.4, 0.5) is 0 Å². The van der Waals surface area contributed by atoms with Gasteiger partial charge in [0.05, 0.1) is 5.69 Å². The molecule has 2 heterocycles. The third-order valence-electron chi connectivity index (χ3n) is 3.38. The number of aryl methyl sites for hydroxylation is 2. The first-order valence-corrected chi connectivity index (χ1v) is 6.64. The van der Waals surface area contributed by atoms with Crippen molar-refractivity contribution in [1.29, 1.82) is 0 Å². The third-order valence-corrected chi connectivity index (χ3v) is 3.38. The van der Waals surface area contributed by atoms with E-state index < -0.39 is 0 Å². The second-order valence-corrected chi connectivity index (χ2v) is 4.82. The third kappa shape index (κ3) is 3.24. The van der Waals surface area contributed by atoms with Crippen LogP contribution in [0.15, 0.2) is 9.41 Å². The van der Waals surface area contributed by atoms with Gasteiger partial charge in [-0.05, 0) is 26.7 Å². The molecular formula is C13H22N4O. The first-order valence-electron chi connectivity index (χ1n) is 6.64. The molecule has 0 unspecified atom stereocenters. The van der Waals surface area contributed by atoms with Gasteiger partial charge in [-0.1, -0.05) is 12.8 Å². The molecule has 0 amide bonds. The zero-order valence-electron chi connectivity index (χ0n) is 11.3. The van der Waals surface area contributed by atoms with Crippen molar-refractivity contribution in [3.05, 3.63) is 17.3 Å². The van der Waals surface area contributed by atoms with Crippen molar-refractivity contribution in [3.8, 4) is 0 Å². The van der Waals surface area contributed by atoms with E-state index in [9.17, 15) is 0 Å². The van der Waals surface area contributed by atoms with Gasteiger partial charge in [0.1, 0.15) is 12.3 Å². The minimum atomic E-state index is 0.428. The predicted octanol–water partition coefficient (Wildman–Crippen LogP) is 1.98. The molecule has 0 bridgehead atoms. The lowest BCUT2D eigenvalue weighted by atomic mass is 10.2. The van der Waals surface area contributed by atoms with Crippen LogP contribution in [-0.2, 0) is 6.54 Å². The fraction of sp³-hybridized carbons (Fsp3) is 0.692. The number of nitrogens with two attached hydrogens (primary N) is 1. The maximum atomic E-state index is 6.02. The molecule has 1 aromatic heterocycles. The van der Waals surface area contributed by atoms with Crippen LogP contribution in [0.25, 0.3) is 0 Å². The Labute approximate surface area is 108 Å². The highest BCUT2D eigenvalue weighted by Gasteiger charge is 2.11. The summed E-state index contributed by atoms with van der Waals surface area (Å²) in [7, 11) is 0. The molecule has 2 N–H and O–H groups in total. The second-order valence-electron chi connectivity index (χ2n) is 4.82. The van der Waals surface area contributed by atoms with Crippen LogP contribution < -0.4 is 5.73 Å². The Hall–Kier alpha value is -1.52. The molecule has 0 radical (unpaired) electrons. The van der Waals surface area contributed by atoms with Gasteiger partial charge in [0.15, 0.2) is 5.96 Å². The Bertz CT molecular complexity index is 397. The summed E-state index contributed by atoms with van der Waals surface area (Å²) in [5.41, 5.74) is 6.94. The average Bonchev–Trinajstić information content (AvgIpc) is 2.60. The summed E-state index contributed by atoms with van der Waals surface area (Å²) < 4.78 is 5.48. The van der Waals surface area contributed by atoms with Gasteiger partial charge in [-0.3, -0.25) is 0 Å². The van der Waals surface area contributed by atoms with E-state index in [-0.39, 0.29) is 0 Å². The molecule has 1 saturated heterocycles. The van der Waals surface area contributed by atoms with E-state index in [1.54, 1.807) is 0 Å². The molecule has 0 atom stereocenters. The van der Waals surface area contributed by atoms with Crippen LogP contribution in [0.2, 0.25) is 0 Å². The van der Waals surface area contributed by atoms with Crippen molar-refractivity contribution in [1.82, 2.24) is 9.88 Å². The van der Waals surface area contributed by atoms with Crippen molar-refractivity contribution in [2.75, 3.05) is 13.1 Å². The molecule has 5 nitrogen and oxygen atoms in total. The molecule has 1 aliphatic rings. The number of guanidine groups is 1. The molecule has 1 aromatic rings. The molecule has 0 aromatic carbocycles. The van der Waals surface area contributed by atoms with E-state index in [0.29, 0.717) is 18.4 Å². The molecule has 0 spiro atoms. The monoisotopic (exact) mass is 250 g/mol. The molecule has 1 fully saturated rings. The van der Waals surface area contributed by atoms with Crippen LogP contribution in [-0.4, -0.2) is 28.9 Å². The van der Waals surface area contributed by atoms with Gasteiger partial charge >= 0.3 is 0 Å². The van der Waals surface area contributed by atoms with Crippen LogP contribution in [0.5, 0.6) is 0 Å². The Morgan fingerprint density at radius 2 is 1.94 bits per heavy atom. The number of hydrogen-bond donors (Lipinski definition) is 1. The number of aliphatic imine (C=N–C) groups is 1. The molecule has 0 saturated carbocycles. The number of oxazole rings is 1. The van der Waals surface area contributed by atoms with E-state index in [1.165, 1.54) is 25.7 Å². The van der Waals surface area contributed by atoms with Crippen LogP contribution in [0.1, 0.15) is 43.0 Å². The first-order chi connectivity index (χ1) is 8.66. The summed E-state index contributed by atoms with van der Waals surface area (Å²) >= 11 is 0. The zero-order chi connectivity index (χ0) is 13.0. The highest BCUT2D eigenvalue weighted by molar-refractivity contribution is 5.78. The molecule has 5 heteroatoms. The van der Waals surface area contributed by atoms with E-state index in [2.05, 4.69) is 14.9 Å². The SMILES string of the molecule is Cc1nc(CN=C(N)N2CCCCCC2)oc1C. The number of rotatable bonds is 2. The summed E-state index contributed by atoms with van der Waals surface area (Å²) in [6, 6.07) is 0. The van der Waals surface area contributed by atoms with Crippen molar-refractivity contribution in [3.63, 3.8) is 0 Å². The summed E-state index contributed by atoms with van der Waals surface area (Å²) in [6.07, 6.45) is 4.99. The quantitative estimate of drug-likeness (QED) is 0.643. The largest absolute Gasteiger partial charge is 0.444 e. The Morgan fingerprint density at radius 3 is 2.50 bits per heavy atom. The van der Waals surface area contributed by atoms with Gasteiger partial charge in [-0.15, -0.1) is 0 Å². The fourth-order valence-corrected chi connectivity index (χ4v) is 2.16. The van der Waals surface area contributed by atoms with Crippen LogP contribution in [0.3, 0.4) is 0 Å². The van der Waals surface area contributed by atoms with Gasteiger partial charge in [0, 0.05) is 13.1 Å². The lowest BCUT2D eigenvalue weighted by Crippen LogP contribution is -2.38. The predicted molar refractivity (Wildman–Crippen MR) is 71.3 cm³/mol. The smallest absolute Gasteiger partial charge is 0.216 e. The molecular weight excluding hydrogens is 228 g/mol. The van der Waals surface area contributed by atoms with Crippen molar-refractivity contribution < 1.29 is 4.42 Å². The summed E-state index contributed by atoms with van der Waals surface area (Å²) in [4.78, 5) is 10.8. The highest BCUT2D eigenvalue weighted by atomic mass is 16.4. The molecule has 0 aliphatic carbocycles. The normalized spacial score (nSPS) is 17.9. The Balaban J connectivity index is 1.95. The highest BCUT2D eigenvalue weighted by Crippen LogP contribution is 2.11. The minimum Gasteiger partial charge on any atom is -0.444 e. The first kappa shape index (κ1) is 12.9. The number of aromatic nitrogens is 1. The van der Waals surface area contributed by atoms with Gasteiger partial charge in [-0.25, -0.2) is 9.98 Å².